The average Bonchev–Trinajstić information content (AvgIpc) is 2.03. The molecule has 1 radical (unpaired) electrons. The summed E-state index contributed by atoms with van der Waals surface area (Å²) in [6.45, 7) is 1.51. The average molecular weight is 217 g/mol. The van der Waals surface area contributed by atoms with Crippen LogP contribution in [0.2, 0.25) is 10.0 Å². The summed E-state index contributed by atoms with van der Waals surface area (Å²) < 4.78 is 5.55. The fraction of sp³-hybridized carbons (Fsp3) is 0.333. The van der Waals surface area contributed by atoms with Crippen molar-refractivity contribution in [1.29, 1.82) is 0 Å². The maximum atomic E-state index is 5.91. The molecule has 1 fully saturated rings. The third-order valence-corrected chi connectivity index (χ3v) is 2.40. The Morgan fingerprint density at radius 2 is 2.08 bits per heavy atom. The second-order valence-corrected chi connectivity index (χ2v) is 3.75. The van der Waals surface area contributed by atoms with E-state index in [9.17, 15) is 0 Å². The largest absolute Gasteiger partial charge is 0.486 e. The molecule has 0 aromatic heterocycles. The molecule has 0 aliphatic carbocycles. The summed E-state index contributed by atoms with van der Waals surface area (Å²) in [5.74, 6) is 0.647. The first-order chi connectivity index (χ1) is 6.25. The fourth-order valence-electron chi connectivity index (χ4n) is 1.06. The number of halogens is 2. The van der Waals surface area contributed by atoms with Crippen LogP contribution >= 0.6 is 23.2 Å². The van der Waals surface area contributed by atoms with Crippen LogP contribution in [0.3, 0.4) is 0 Å². The molecule has 1 aromatic rings. The van der Waals surface area contributed by atoms with Crippen LogP contribution in [0, 0.1) is 0 Å². The van der Waals surface area contributed by atoms with E-state index in [-0.39, 0.29) is 6.10 Å². The van der Waals surface area contributed by atoms with Gasteiger partial charge in [0.2, 0.25) is 0 Å². The van der Waals surface area contributed by atoms with Crippen LogP contribution in [0.5, 0.6) is 5.75 Å². The minimum atomic E-state index is 0.177. The minimum absolute atomic E-state index is 0.177. The van der Waals surface area contributed by atoms with Gasteiger partial charge < -0.3 is 4.74 Å². The molecule has 0 atom stereocenters. The lowest BCUT2D eigenvalue weighted by Crippen LogP contribution is -2.45. The Hall–Kier alpha value is -0.440. The topological polar surface area (TPSA) is 23.3 Å². The van der Waals surface area contributed by atoms with Crippen LogP contribution < -0.4 is 10.1 Å². The molecular formula is C9H8Cl2NO. The Balaban J connectivity index is 2.13. The maximum absolute atomic E-state index is 5.91. The van der Waals surface area contributed by atoms with Gasteiger partial charge in [0, 0.05) is 11.1 Å². The zero-order chi connectivity index (χ0) is 9.26. The van der Waals surface area contributed by atoms with Crippen LogP contribution in [-0.2, 0) is 0 Å². The lowest BCUT2D eigenvalue weighted by molar-refractivity contribution is 0.139. The van der Waals surface area contributed by atoms with Crippen LogP contribution in [0.1, 0.15) is 0 Å². The van der Waals surface area contributed by atoms with Crippen LogP contribution in [0.4, 0.5) is 0 Å². The van der Waals surface area contributed by atoms with Gasteiger partial charge in [0.15, 0.2) is 0 Å². The Morgan fingerprint density at radius 1 is 1.31 bits per heavy atom. The number of hydrogen-bond acceptors (Lipinski definition) is 1. The molecule has 0 spiro atoms. The molecule has 1 aromatic carbocycles. The fourth-order valence-corrected chi connectivity index (χ4v) is 1.38. The molecule has 1 saturated heterocycles. The molecule has 13 heavy (non-hydrogen) atoms. The van der Waals surface area contributed by atoms with Crippen molar-refractivity contribution in [2.75, 3.05) is 13.1 Å². The molecule has 2 nitrogen and oxygen atoms in total. The van der Waals surface area contributed by atoms with Gasteiger partial charge in [-0.3, -0.25) is 0 Å². The highest BCUT2D eigenvalue weighted by molar-refractivity contribution is 6.34. The molecule has 4 heteroatoms. The van der Waals surface area contributed by atoms with Crippen LogP contribution in [0.15, 0.2) is 18.2 Å². The molecule has 0 bridgehead atoms. The molecule has 1 aliphatic rings. The normalized spacial score (nSPS) is 16.8. The number of ether oxygens (including phenoxy) is 1. The molecular weight excluding hydrogens is 209 g/mol. The lowest BCUT2D eigenvalue weighted by atomic mass is 10.2. The van der Waals surface area contributed by atoms with Crippen molar-refractivity contribution in [1.82, 2.24) is 5.32 Å². The minimum Gasteiger partial charge on any atom is -0.486 e. The molecule has 1 aliphatic heterocycles. The van der Waals surface area contributed by atoms with E-state index in [0.717, 1.165) is 13.1 Å². The van der Waals surface area contributed by atoms with Gasteiger partial charge in [-0.25, -0.2) is 5.32 Å². The molecule has 0 amide bonds. The Morgan fingerprint density at radius 3 is 2.69 bits per heavy atom. The lowest BCUT2D eigenvalue weighted by Gasteiger charge is -2.26. The molecule has 0 unspecified atom stereocenters. The summed E-state index contributed by atoms with van der Waals surface area (Å²) in [5.41, 5.74) is 0. The summed E-state index contributed by atoms with van der Waals surface area (Å²) in [4.78, 5) is 0. The molecule has 69 valence electrons. The summed E-state index contributed by atoms with van der Waals surface area (Å²) >= 11 is 11.7. The monoisotopic (exact) mass is 216 g/mol. The van der Waals surface area contributed by atoms with Crippen molar-refractivity contribution in [3.63, 3.8) is 0 Å². The third kappa shape index (κ3) is 2.08. The highest BCUT2D eigenvalue weighted by Crippen LogP contribution is 2.28. The first-order valence-corrected chi connectivity index (χ1v) is 4.76. The SMILES string of the molecule is Clc1ccc(Cl)c(OC2C[N]C2)c1. The predicted octanol–water partition coefficient (Wildman–Crippen LogP) is 2.36. The van der Waals surface area contributed by atoms with E-state index in [1.807, 2.05) is 0 Å². The van der Waals surface area contributed by atoms with Crippen LogP contribution in [0.25, 0.3) is 0 Å². The first-order valence-electron chi connectivity index (χ1n) is 4.00. The van der Waals surface area contributed by atoms with Gasteiger partial charge in [-0.2, -0.15) is 0 Å². The number of rotatable bonds is 2. The standard InChI is InChI=1S/C9H8Cl2NO/c10-6-1-2-8(11)9(3-6)13-7-4-12-5-7/h1-3,7H,4-5H2. The quantitative estimate of drug-likeness (QED) is 0.745. The van der Waals surface area contributed by atoms with Gasteiger partial charge in [0.25, 0.3) is 0 Å². The van der Waals surface area contributed by atoms with Crippen LogP contribution in [-0.4, -0.2) is 19.2 Å². The highest BCUT2D eigenvalue weighted by atomic mass is 35.5. The smallest absolute Gasteiger partial charge is 0.139 e. The second-order valence-electron chi connectivity index (χ2n) is 2.90. The zero-order valence-electron chi connectivity index (χ0n) is 6.84. The van der Waals surface area contributed by atoms with E-state index >= 15 is 0 Å². The van der Waals surface area contributed by atoms with E-state index in [0.29, 0.717) is 15.8 Å². The maximum Gasteiger partial charge on any atom is 0.139 e. The van der Waals surface area contributed by atoms with Gasteiger partial charge >= 0.3 is 0 Å². The molecule has 1 heterocycles. The van der Waals surface area contributed by atoms with Gasteiger partial charge in [-0.1, -0.05) is 23.2 Å². The number of benzene rings is 1. The first kappa shape index (κ1) is 9.13. The van der Waals surface area contributed by atoms with Crippen molar-refractivity contribution in [2.45, 2.75) is 6.10 Å². The Bertz CT molecular complexity index is 312. The molecule has 0 saturated carbocycles. The van der Waals surface area contributed by atoms with E-state index in [4.69, 9.17) is 27.9 Å². The van der Waals surface area contributed by atoms with Crippen molar-refractivity contribution in [3.8, 4) is 5.75 Å². The van der Waals surface area contributed by atoms with Gasteiger partial charge in [-0.05, 0) is 12.1 Å². The van der Waals surface area contributed by atoms with Gasteiger partial charge in [-0.15, -0.1) is 0 Å². The Labute approximate surface area is 86.8 Å². The molecule has 0 N–H and O–H groups in total. The second kappa shape index (κ2) is 3.74. The number of hydrogen-bond donors (Lipinski definition) is 0. The van der Waals surface area contributed by atoms with Crippen molar-refractivity contribution < 1.29 is 4.74 Å². The third-order valence-electron chi connectivity index (χ3n) is 1.85. The Kier molecular flexibility index (Phi) is 2.63. The predicted molar refractivity (Wildman–Crippen MR) is 52.7 cm³/mol. The summed E-state index contributed by atoms with van der Waals surface area (Å²) in [5, 5.41) is 5.27. The number of nitrogens with zero attached hydrogens (tertiary/aromatic N) is 1. The van der Waals surface area contributed by atoms with Crippen molar-refractivity contribution in [3.05, 3.63) is 28.2 Å². The van der Waals surface area contributed by atoms with E-state index in [1.165, 1.54) is 0 Å². The molecule has 2 rings (SSSR count). The highest BCUT2D eigenvalue weighted by Gasteiger charge is 2.20. The van der Waals surface area contributed by atoms with Gasteiger partial charge in [0.1, 0.15) is 11.9 Å². The summed E-state index contributed by atoms with van der Waals surface area (Å²) in [6, 6.07) is 5.19. The zero-order valence-corrected chi connectivity index (χ0v) is 8.35. The van der Waals surface area contributed by atoms with E-state index in [1.54, 1.807) is 18.2 Å². The van der Waals surface area contributed by atoms with Crippen molar-refractivity contribution in [2.24, 2.45) is 0 Å². The van der Waals surface area contributed by atoms with Gasteiger partial charge in [0.05, 0.1) is 18.1 Å². The van der Waals surface area contributed by atoms with E-state index < -0.39 is 0 Å². The van der Waals surface area contributed by atoms with Crippen molar-refractivity contribution >= 4 is 23.2 Å². The van der Waals surface area contributed by atoms with E-state index in [2.05, 4.69) is 5.32 Å². The summed E-state index contributed by atoms with van der Waals surface area (Å²) in [7, 11) is 0. The summed E-state index contributed by atoms with van der Waals surface area (Å²) in [6.07, 6.45) is 0.177.